The molecule has 1 aliphatic carbocycles. The molecule has 1 aliphatic heterocycles. The predicted octanol–water partition coefficient (Wildman–Crippen LogP) is 1.84. The molecule has 2 fully saturated rings. The highest BCUT2D eigenvalue weighted by molar-refractivity contribution is 4.88. The quantitative estimate of drug-likeness (QED) is 0.770. The number of rotatable bonds is 4. The summed E-state index contributed by atoms with van der Waals surface area (Å²) in [5.74, 6) is 0. The van der Waals surface area contributed by atoms with E-state index in [2.05, 4.69) is 12.2 Å². The summed E-state index contributed by atoms with van der Waals surface area (Å²) in [5, 5.41) is 13.8. The van der Waals surface area contributed by atoms with Gasteiger partial charge in [0.05, 0.1) is 11.7 Å². The van der Waals surface area contributed by atoms with Crippen LogP contribution in [0.25, 0.3) is 0 Å². The summed E-state index contributed by atoms with van der Waals surface area (Å²) in [6, 6.07) is 0.545. The van der Waals surface area contributed by atoms with E-state index < -0.39 is 5.60 Å². The normalized spacial score (nSPS) is 34.1. The van der Waals surface area contributed by atoms with Crippen LogP contribution in [0.2, 0.25) is 0 Å². The molecule has 2 atom stereocenters. The van der Waals surface area contributed by atoms with E-state index in [0.717, 1.165) is 45.3 Å². The van der Waals surface area contributed by atoms with E-state index in [1.165, 1.54) is 12.8 Å². The summed E-state index contributed by atoms with van der Waals surface area (Å²) < 4.78 is 5.65. The molecule has 0 radical (unpaired) electrons. The monoisotopic (exact) mass is 227 g/mol. The standard InChI is InChI=1S/C13H25NO2/c1-2-12-9-11(5-8-16-12)14-10-13(15)6-3-4-7-13/h11-12,14-15H,2-10H2,1H3. The molecular weight excluding hydrogens is 202 g/mol. The van der Waals surface area contributed by atoms with Crippen LogP contribution in [0.15, 0.2) is 0 Å². The second-order valence-corrected chi connectivity index (χ2v) is 5.43. The lowest BCUT2D eigenvalue weighted by molar-refractivity contribution is -0.00903. The third-order valence-corrected chi connectivity index (χ3v) is 4.08. The Morgan fingerprint density at radius 2 is 2.12 bits per heavy atom. The molecule has 0 amide bonds. The summed E-state index contributed by atoms with van der Waals surface area (Å²) in [7, 11) is 0. The third-order valence-electron chi connectivity index (χ3n) is 4.08. The highest BCUT2D eigenvalue weighted by atomic mass is 16.5. The van der Waals surface area contributed by atoms with E-state index in [1.807, 2.05) is 0 Å². The first-order valence-corrected chi connectivity index (χ1v) is 6.79. The minimum absolute atomic E-state index is 0.417. The van der Waals surface area contributed by atoms with E-state index in [4.69, 9.17) is 4.74 Å². The van der Waals surface area contributed by atoms with Gasteiger partial charge in [0.15, 0.2) is 0 Å². The van der Waals surface area contributed by atoms with Gasteiger partial charge in [-0.2, -0.15) is 0 Å². The Hall–Kier alpha value is -0.120. The number of aliphatic hydroxyl groups is 1. The van der Waals surface area contributed by atoms with Gasteiger partial charge in [0.2, 0.25) is 0 Å². The summed E-state index contributed by atoms with van der Waals surface area (Å²) in [6.07, 6.45) is 8.03. The lowest BCUT2D eigenvalue weighted by Crippen LogP contribution is -2.46. The van der Waals surface area contributed by atoms with Crippen molar-refractivity contribution in [3.63, 3.8) is 0 Å². The van der Waals surface area contributed by atoms with Gasteiger partial charge in [-0.15, -0.1) is 0 Å². The van der Waals surface area contributed by atoms with Crippen LogP contribution >= 0.6 is 0 Å². The Balaban J connectivity index is 1.72. The van der Waals surface area contributed by atoms with Crippen molar-refractivity contribution in [2.24, 2.45) is 0 Å². The summed E-state index contributed by atoms with van der Waals surface area (Å²) in [5.41, 5.74) is -0.417. The van der Waals surface area contributed by atoms with Gasteiger partial charge in [-0.3, -0.25) is 0 Å². The second-order valence-electron chi connectivity index (χ2n) is 5.43. The Morgan fingerprint density at radius 3 is 2.81 bits per heavy atom. The highest BCUT2D eigenvalue weighted by Gasteiger charge is 2.32. The maximum Gasteiger partial charge on any atom is 0.0771 e. The Morgan fingerprint density at radius 1 is 1.38 bits per heavy atom. The van der Waals surface area contributed by atoms with Gasteiger partial charge in [-0.1, -0.05) is 19.8 Å². The van der Waals surface area contributed by atoms with Crippen molar-refractivity contribution >= 4 is 0 Å². The van der Waals surface area contributed by atoms with Crippen molar-refractivity contribution in [1.82, 2.24) is 5.32 Å². The van der Waals surface area contributed by atoms with Crippen LogP contribution in [0.4, 0.5) is 0 Å². The van der Waals surface area contributed by atoms with Crippen LogP contribution in [0, 0.1) is 0 Å². The summed E-state index contributed by atoms with van der Waals surface area (Å²) in [4.78, 5) is 0. The molecule has 1 saturated heterocycles. The fourth-order valence-electron chi connectivity index (χ4n) is 2.89. The minimum atomic E-state index is -0.417. The zero-order valence-electron chi connectivity index (χ0n) is 10.4. The lowest BCUT2D eigenvalue weighted by atomic mass is 9.98. The van der Waals surface area contributed by atoms with Gasteiger partial charge >= 0.3 is 0 Å². The number of hydrogen-bond donors (Lipinski definition) is 2. The average Bonchev–Trinajstić information content (AvgIpc) is 2.75. The predicted molar refractivity (Wildman–Crippen MR) is 64.5 cm³/mol. The zero-order chi connectivity index (χ0) is 11.4. The molecule has 3 nitrogen and oxygen atoms in total. The molecule has 0 aromatic carbocycles. The molecule has 0 spiro atoms. The summed E-state index contributed by atoms with van der Waals surface area (Å²) in [6.45, 7) is 3.82. The third kappa shape index (κ3) is 3.19. The molecule has 16 heavy (non-hydrogen) atoms. The lowest BCUT2D eigenvalue weighted by Gasteiger charge is -2.32. The minimum Gasteiger partial charge on any atom is -0.389 e. The van der Waals surface area contributed by atoms with Crippen LogP contribution in [0.5, 0.6) is 0 Å². The van der Waals surface area contributed by atoms with Crippen molar-refractivity contribution in [2.75, 3.05) is 13.2 Å². The average molecular weight is 227 g/mol. The van der Waals surface area contributed by atoms with Gasteiger partial charge in [-0.05, 0) is 32.1 Å². The molecule has 2 rings (SSSR count). The van der Waals surface area contributed by atoms with E-state index >= 15 is 0 Å². The van der Waals surface area contributed by atoms with Crippen LogP contribution < -0.4 is 5.32 Å². The Bertz CT molecular complexity index is 214. The van der Waals surface area contributed by atoms with Crippen LogP contribution in [-0.4, -0.2) is 36.0 Å². The Labute approximate surface area is 98.6 Å². The molecule has 0 aromatic heterocycles. The topological polar surface area (TPSA) is 41.5 Å². The molecule has 3 heteroatoms. The van der Waals surface area contributed by atoms with Crippen LogP contribution in [0.1, 0.15) is 51.9 Å². The molecule has 94 valence electrons. The fourth-order valence-corrected chi connectivity index (χ4v) is 2.89. The Kier molecular flexibility index (Phi) is 4.22. The first-order valence-electron chi connectivity index (χ1n) is 6.79. The van der Waals surface area contributed by atoms with Gasteiger partial charge < -0.3 is 15.2 Å². The van der Waals surface area contributed by atoms with Crippen molar-refractivity contribution < 1.29 is 9.84 Å². The smallest absolute Gasteiger partial charge is 0.0771 e. The maximum atomic E-state index is 10.3. The van der Waals surface area contributed by atoms with E-state index in [-0.39, 0.29) is 0 Å². The number of ether oxygens (including phenoxy) is 1. The first kappa shape index (κ1) is 12.3. The maximum absolute atomic E-state index is 10.3. The molecule has 2 aliphatic rings. The van der Waals surface area contributed by atoms with Gasteiger partial charge in [0, 0.05) is 19.2 Å². The van der Waals surface area contributed by atoms with Crippen molar-refractivity contribution in [3.8, 4) is 0 Å². The molecule has 0 aromatic rings. The van der Waals surface area contributed by atoms with Crippen LogP contribution in [0.3, 0.4) is 0 Å². The van der Waals surface area contributed by atoms with Gasteiger partial charge in [0.1, 0.15) is 0 Å². The number of nitrogens with one attached hydrogen (secondary N) is 1. The second kappa shape index (κ2) is 5.48. The fraction of sp³-hybridized carbons (Fsp3) is 1.00. The van der Waals surface area contributed by atoms with Gasteiger partial charge in [-0.25, -0.2) is 0 Å². The molecule has 0 bridgehead atoms. The number of hydrogen-bond acceptors (Lipinski definition) is 3. The van der Waals surface area contributed by atoms with Crippen molar-refractivity contribution in [2.45, 2.75) is 69.6 Å². The highest BCUT2D eigenvalue weighted by Crippen LogP contribution is 2.29. The van der Waals surface area contributed by atoms with E-state index in [9.17, 15) is 5.11 Å². The van der Waals surface area contributed by atoms with Crippen LogP contribution in [-0.2, 0) is 4.74 Å². The molecule has 1 heterocycles. The van der Waals surface area contributed by atoms with E-state index in [0.29, 0.717) is 12.1 Å². The van der Waals surface area contributed by atoms with Crippen molar-refractivity contribution in [3.05, 3.63) is 0 Å². The van der Waals surface area contributed by atoms with Gasteiger partial charge in [0.25, 0.3) is 0 Å². The molecule has 2 unspecified atom stereocenters. The molecule has 1 saturated carbocycles. The first-order chi connectivity index (χ1) is 7.72. The summed E-state index contributed by atoms with van der Waals surface area (Å²) >= 11 is 0. The molecular formula is C13H25NO2. The largest absolute Gasteiger partial charge is 0.389 e. The van der Waals surface area contributed by atoms with E-state index in [1.54, 1.807) is 0 Å². The SMILES string of the molecule is CCC1CC(NCC2(O)CCCC2)CCO1. The van der Waals surface area contributed by atoms with Crippen molar-refractivity contribution in [1.29, 1.82) is 0 Å². The molecule has 2 N–H and O–H groups in total. The zero-order valence-corrected chi connectivity index (χ0v) is 10.4.